The number of nitrogens with two attached hydrogens (primary N) is 2. The fourth-order valence-electron chi connectivity index (χ4n) is 1.54. The van der Waals surface area contributed by atoms with Crippen LogP contribution in [-0.4, -0.2) is 0 Å². The molecule has 0 aromatic heterocycles. The van der Waals surface area contributed by atoms with Crippen molar-refractivity contribution in [3.63, 3.8) is 0 Å². The van der Waals surface area contributed by atoms with Crippen LogP contribution in [0, 0.1) is 0 Å². The summed E-state index contributed by atoms with van der Waals surface area (Å²) in [5.74, 6) is 0. The maximum absolute atomic E-state index is 6.13. The van der Waals surface area contributed by atoms with Gasteiger partial charge in [-0.05, 0) is 24.3 Å². The maximum atomic E-state index is 6.13. The lowest BCUT2D eigenvalue weighted by Crippen LogP contribution is -1.91. The van der Waals surface area contributed by atoms with Gasteiger partial charge in [-0.15, -0.1) is 12.4 Å². The van der Waals surface area contributed by atoms with Crippen molar-refractivity contribution in [3.8, 4) is 11.1 Å². The van der Waals surface area contributed by atoms with Crippen molar-refractivity contribution in [3.05, 3.63) is 44.4 Å². The predicted octanol–water partition coefficient (Wildman–Crippen LogP) is 5.55. The molecule has 0 saturated carbocycles. The fourth-order valence-corrected chi connectivity index (χ4v) is 2.41. The molecule has 7 heteroatoms. The number of hydrogen-bond acceptors (Lipinski definition) is 2. The Kier molecular flexibility index (Phi) is 5.48. The smallest absolute Gasteiger partial charge is 0.0642 e. The normalized spacial score (nSPS) is 10.1. The highest BCUT2D eigenvalue weighted by Crippen LogP contribution is 2.40. The van der Waals surface area contributed by atoms with E-state index < -0.39 is 0 Å². The molecule has 4 N–H and O–H groups in total. The number of benzene rings is 2. The monoisotopic (exact) mass is 356 g/mol. The average molecular weight is 358 g/mol. The average Bonchev–Trinajstić information content (AvgIpc) is 2.29. The second-order valence-corrected chi connectivity index (χ2v) is 5.34. The van der Waals surface area contributed by atoms with Crippen molar-refractivity contribution in [1.29, 1.82) is 0 Å². The third-order valence-corrected chi connectivity index (χ3v) is 3.74. The van der Waals surface area contributed by atoms with E-state index >= 15 is 0 Å². The number of hydrogen-bond donors (Lipinski definition) is 2. The Labute approximate surface area is 137 Å². The zero-order valence-corrected chi connectivity index (χ0v) is 13.2. The van der Waals surface area contributed by atoms with Gasteiger partial charge >= 0.3 is 0 Å². The van der Waals surface area contributed by atoms with Gasteiger partial charge in [0, 0.05) is 11.1 Å². The van der Waals surface area contributed by atoms with Crippen molar-refractivity contribution in [2.75, 3.05) is 11.5 Å². The first-order valence-corrected chi connectivity index (χ1v) is 6.40. The first-order valence-electron chi connectivity index (χ1n) is 4.89. The van der Waals surface area contributed by atoms with E-state index in [1.807, 2.05) is 0 Å². The first kappa shape index (κ1) is 16.5. The number of anilines is 2. The summed E-state index contributed by atoms with van der Waals surface area (Å²) in [6.45, 7) is 0. The molecule has 0 unspecified atom stereocenters. The van der Waals surface area contributed by atoms with Gasteiger partial charge in [0.15, 0.2) is 0 Å². The molecule has 19 heavy (non-hydrogen) atoms. The van der Waals surface area contributed by atoms with Gasteiger partial charge in [-0.1, -0.05) is 46.4 Å². The molecule has 2 aromatic carbocycles. The molecule has 0 fully saturated rings. The van der Waals surface area contributed by atoms with Crippen molar-refractivity contribution < 1.29 is 0 Å². The minimum atomic E-state index is 0. The lowest BCUT2D eigenvalue weighted by molar-refractivity contribution is 1.60. The van der Waals surface area contributed by atoms with E-state index in [1.165, 1.54) is 0 Å². The summed E-state index contributed by atoms with van der Waals surface area (Å²) in [7, 11) is 0. The standard InChI is InChI=1S/C12H8Cl4N2.ClH/c13-7-3-11(17)9(15)1-5(7)6-2-10(16)12(18)4-8(6)14;/h1-4H,17-18H2;1H. The van der Waals surface area contributed by atoms with E-state index in [0.29, 0.717) is 42.6 Å². The predicted molar refractivity (Wildman–Crippen MR) is 88.0 cm³/mol. The van der Waals surface area contributed by atoms with Crippen LogP contribution in [0.25, 0.3) is 11.1 Å². The Morgan fingerprint density at radius 2 is 0.895 bits per heavy atom. The summed E-state index contributed by atoms with van der Waals surface area (Å²) >= 11 is 24.2. The molecule has 102 valence electrons. The topological polar surface area (TPSA) is 52.0 Å². The van der Waals surface area contributed by atoms with Crippen LogP contribution in [-0.2, 0) is 0 Å². The summed E-state index contributed by atoms with van der Waals surface area (Å²) in [6, 6.07) is 6.43. The molecular weight excluding hydrogens is 349 g/mol. The van der Waals surface area contributed by atoms with Gasteiger partial charge in [0.25, 0.3) is 0 Å². The van der Waals surface area contributed by atoms with Gasteiger partial charge in [-0.3, -0.25) is 0 Å². The molecule has 0 spiro atoms. The molecule has 0 aliphatic carbocycles. The summed E-state index contributed by atoms with van der Waals surface area (Å²) in [5, 5.41) is 1.69. The molecule has 2 aromatic rings. The lowest BCUT2D eigenvalue weighted by Gasteiger charge is -2.11. The van der Waals surface area contributed by atoms with E-state index in [2.05, 4.69) is 0 Å². The number of halogens is 5. The second-order valence-electron chi connectivity index (χ2n) is 3.71. The van der Waals surface area contributed by atoms with E-state index in [4.69, 9.17) is 57.9 Å². The van der Waals surface area contributed by atoms with Crippen LogP contribution in [0.1, 0.15) is 0 Å². The molecule has 0 saturated heterocycles. The van der Waals surface area contributed by atoms with Gasteiger partial charge in [-0.25, -0.2) is 0 Å². The SMILES string of the molecule is Cl.Nc1cc(Cl)c(-c2cc(Cl)c(N)cc2Cl)cc1Cl. The third kappa shape index (κ3) is 3.33. The zero-order valence-electron chi connectivity index (χ0n) is 9.38. The van der Waals surface area contributed by atoms with Crippen LogP contribution >= 0.6 is 58.8 Å². The van der Waals surface area contributed by atoms with E-state index in [9.17, 15) is 0 Å². The van der Waals surface area contributed by atoms with Gasteiger partial charge < -0.3 is 11.5 Å². The largest absolute Gasteiger partial charge is 0.397 e. The Morgan fingerprint density at radius 3 is 1.21 bits per heavy atom. The van der Waals surface area contributed by atoms with Crippen LogP contribution in [0.5, 0.6) is 0 Å². The molecule has 0 heterocycles. The van der Waals surface area contributed by atoms with E-state index in [-0.39, 0.29) is 12.4 Å². The minimum absolute atomic E-state index is 0. The summed E-state index contributed by atoms with van der Waals surface area (Å²) in [4.78, 5) is 0. The maximum Gasteiger partial charge on any atom is 0.0642 e. The van der Waals surface area contributed by atoms with Crippen LogP contribution in [0.3, 0.4) is 0 Å². The second kappa shape index (κ2) is 6.29. The highest BCUT2D eigenvalue weighted by atomic mass is 35.5. The third-order valence-electron chi connectivity index (χ3n) is 2.46. The van der Waals surface area contributed by atoms with Crippen molar-refractivity contribution in [2.45, 2.75) is 0 Å². The van der Waals surface area contributed by atoms with E-state index in [0.717, 1.165) is 0 Å². The van der Waals surface area contributed by atoms with Crippen LogP contribution < -0.4 is 11.5 Å². The quantitative estimate of drug-likeness (QED) is 0.656. The Hall–Kier alpha value is -0.510. The Balaban J connectivity index is 0.00000180. The lowest BCUT2D eigenvalue weighted by atomic mass is 10.0. The van der Waals surface area contributed by atoms with Gasteiger partial charge in [0.2, 0.25) is 0 Å². The highest BCUT2D eigenvalue weighted by Gasteiger charge is 2.12. The van der Waals surface area contributed by atoms with Crippen LogP contribution in [0.4, 0.5) is 11.4 Å². The molecule has 0 radical (unpaired) electrons. The molecule has 0 bridgehead atoms. The Morgan fingerprint density at radius 1 is 0.579 bits per heavy atom. The number of nitrogen functional groups attached to an aromatic ring is 2. The molecule has 0 aliphatic heterocycles. The summed E-state index contributed by atoms with van der Waals surface area (Å²) < 4.78 is 0. The van der Waals surface area contributed by atoms with Crippen LogP contribution in [0.15, 0.2) is 24.3 Å². The minimum Gasteiger partial charge on any atom is -0.397 e. The van der Waals surface area contributed by atoms with Crippen LogP contribution in [0.2, 0.25) is 20.1 Å². The molecule has 2 nitrogen and oxygen atoms in total. The molecule has 0 atom stereocenters. The molecule has 2 rings (SSSR count). The summed E-state index contributed by atoms with van der Waals surface area (Å²) in [6.07, 6.45) is 0. The fraction of sp³-hybridized carbons (Fsp3) is 0. The van der Waals surface area contributed by atoms with Gasteiger partial charge in [0.1, 0.15) is 0 Å². The summed E-state index contributed by atoms with van der Waals surface area (Å²) in [5.41, 5.74) is 13.5. The van der Waals surface area contributed by atoms with Crippen molar-refractivity contribution >= 4 is 70.2 Å². The van der Waals surface area contributed by atoms with Gasteiger partial charge in [-0.2, -0.15) is 0 Å². The number of rotatable bonds is 1. The van der Waals surface area contributed by atoms with E-state index in [1.54, 1.807) is 24.3 Å². The highest BCUT2D eigenvalue weighted by molar-refractivity contribution is 6.40. The van der Waals surface area contributed by atoms with Gasteiger partial charge in [0.05, 0.1) is 31.5 Å². The molecule has 0 amide bonds. The first-order chi connectivity index (χ1) is 8.40. The zero-order chi connectivity index (χ0) is 13.4. The van der Waals surface area contributed by atoms with Crippen molar-refractivity contribution in [1.82, 2.24) is 0 Å². The van der Waals surface area contributed by atoms with Crippen molar-refractivity contribution in [2.24, 2.45) is 0 Å². The molecule has 0 aliphatic rings. The molecular formula is C12H9Cl5N2. The Bertz CT molecular complexity index is 573.